The van der Waals surface area contributed by atoms with E-state index in [-0.39, 0.29) is 0 Å². The van der Waals surface area contributed by atoms with Crippen LogP contribution in [0.5, 0.6) is 0 Å². The lowest BCUT2D eigenvalue weighted by molar-refractivity contribution is 0.905. The fourth-order valence-corrected chi connectivity index (χ4v) is 4.51. The third kappa shape index (κ3) is 2.64. The first-order chi connectivity index (χ1) is 12.4. The van der Waals surface area contributed by atoms with Crippen LogP contribution in [-0.2, 0) is 12.8 Å². The molecule has 4 heteroatoms. The van der Waals surface area contributed by atoms with E-state index < -0.39 is 0 Å². The van der Waals surface area contributed by atoms with Crippen molar-refractivity contribution < 1.29 is 0 Å². The van der Waals surface area contributed by atoms with Gasteiger partial charge in [-0.1, -0.05) is 35.3 Å². The van der Waals surface area contributed by atoms with Gasteiger partial charge in [-0.3, -0.25) is 0 Å². The second-order valence-corrected chi connectivity index (χ2v) is 7.95. The molecule has 4 rings (SSSR count). The number of aryl methyl sites for hydroxylation is 6. The van der Waals surface area contributed by atoms with Gasteiger partial charge in [-0.15, -0.1) is 0 Å². The van der Waals surface area contributed by atoms with Gasteiger partial charge >= 0.3 is 0 Å². The largest absolute Gasteiger partial charge is 0.357 e. The Morgan fingerprint density at radius 3 is 1.42 bits per heavy atom. The first kappa shape index (κ1) is 17.5. The van der Waals surface area contributed by atoms with E-state index in [0.717, 1.165) is 56.1 Å². The van der Waals surface area contributed by atoms with Crippen LogP contribution in [0.2, 0.25) is 10.0 Å². The first-order valence-corrected chi connectivity index (χ1v) is 9.66. The Hall–Kier alpha value is -1.90. The van der Waals surface area contributed by atoms with Crippen molar-refractivity contribution in [3.63, 3.8) is 0 Å². The molecule has 2 N–H and O–H groups in total. The lowest BCUT2D eigenvalue weighted by atomic mass is 10.0. The SMILES string of the molecule is Cc1ccc2[nH]c(CCc3[nH]c4ccc(C)c(C)c4c3Cl)c(Cl)c2c1C. The van der Waals surface area contributed by atoms with Crippen LogP contribution in [-0.4, -0.2) is 9.97 Å². The fraction of sp³-hybridized carbons (Fsp3) is 0.273. The van der Waals surface area contributed by atoms with E-state index >= 15 is 0 Å². The summed E-state index contributed by atoms with van der Waals surface area (Å²) in [6.07, 6.45) is 1.63. The summed E-state index contributed by atoms with van der Waals surface area (Å²) < 4.78 is 0. The Morgan fingerprint density at radius 2 is 1.04 bits per heavy atom. The molecule has 0 saturated heterocycles. The summed E-state index contributed by atoms with van der Waals surface area (Å²) in [5, 5.41) is 3.94. The number of aromatic amines is 2. The second-order valence-electron chi connectivity index (χ2n) is 7.20. The monoisotopic (exact) mass is 384 g/mol. The highest BCUT2D eigenvalue weighted by atomic mass is 35.5. The minimum atomic E-state index is 0.816. The van der Waals surface area contributed by atoms with Gasteiger partial charge in [0.15, 0.2) is 0 Å². The minimum Gasteiger partial charge on any atom is -0.357 e. The number of fused-ring (bicyclic) bond motifs is 2. The minimum absolute atomic E-state index is 0.816. The summed E-state index contributed by atoms with van der Waals surface area (Å²) in [5.41, 5.74) is 9.33. The number of hydrogen-bond acceptors (Lipinski definition) is 0. The maximum atomic E-state index is 6.69. The number of nitrogens with one attached hydrogen (secondary N) is 2. The van der Waals surface area contributed by atoms with Gasteiger partial charge in [-0.2, -0.15) is 0 Å². The molecule has 0 bridgehead atoms. The van der Waals surface area contributed by atoms with Crippen LogP contribution >= 0.6 is 23.2 Å². The molecule has 134 valence electrons. The Bertz CT molecular complexity index is 1060. The van der Waals surface area contributed by atoms with Crippen molar-refractivity contribution in [3.05, 3.63) is 68.0 Å². The van der Waals surface area contributed by atoms with Crippen LogP contribution in [0.25, 0.3) is 21.8 Å². The van der Waals surface area contributed by atoms with Gasteiger partial charge in [0.05, 0.1) is 10.0 Å². The third-order valence-electron chi connectivity index (χ3n) is 5.64. The molecule has 0 atom stereocenters. The number of aromatic nitrogens is 2. The van der Waals surface area contributed by atoms with E-state index in [4.69, 9.17) is 23.2 Å². The molecular weight excluding hydrogens is 363 g/mol. The Balaban J connectivity index is 1.70. The maximum absolute atomic E-state index is 6.69. The molecule has 0 unspecified atom stereocenters. The second kappa shape index (κ2) is 6.37. The molecular formula is C22H22Cl2N2. The molecule has 0 radical (unpaired) electrons. The zero-order valence-corrected chi connectivity index (χ0v) is 17.0. The van der Waals surface area contributed by atoms with Gasteiger partial charge < -0.3 is 9.97 Å². The molecule has 4 aromatic rings. The normalized spacial score (nSPS) is 11.8. The van der Waals surface area contributed by atoms with Crippen molar-refractivity contribution in [2.24, 2.45) is 0 Å². The zero-order valence-electron chi connectivity index (χ0n) is 15.5. The van der Waals surface area contributed by atoms with Crippen molar-refractivity contribution in [2.75, 3.05) is 0 Å². The molecule has 2 aromatic carbocycles. The quantitative estimate of drug-likeness (QED) is 0.381. The van der Waals surface area contributed by atoms with Crippen LogP contribution in [0, 0.1) is 27.7 Å². The molecule has 0 fully saturated rings. The predicted molar refractivity (Wildman–Crippen MR) is 113 cm³/mol. The van der Waals surface area contributed by atoms with Crippen LogP contribution in [0.15, 0.2) is 24.3 Å². The van der Waals surface area contributed by atoms with E-state index in [9.17, 15) is 0 Å². The lowest BCUT2D eigenvalue weighted by Crippen LogP contribution is -1.93. The van der Waals surface area contributed by atoms with Crippen molar-refractivity contribution in [3.8, 4) is 0 Å². The van der Waals surface area contributed by atoms with E-state index in [1.807, 2.05) is 0 Å². The van der Waals surface area contributed by atoms with E-state index in [0.29, 0.717) is 0 Å². The van der Waals surface area contributed by atoms with Crippen molar-refractivity contribution >= 4 is 45.0 Å². The number of hydrogen-bond donors (Lipinski definition) is 2. The van der Waals surface area contributed by atoms with Crippen LogP contribution < -0.4 is 0 Å². The summed E-state index contributed by atoms with van der Waals surface area (Å²) in [5.74, 6) is 0. The van der Waals surface area contributed by atoms with Gasteiger partial charge in [0, 0.05) is 33.2 Å². The average Bonchev–Trinajstić information content (AvgIpc) is 3.11. The van der Waals surface area contributed by atoms with Crippen molar-refractivity contribution in [1.82, 2.24) is 9.97 Å². The average molecular weight is 385 g/mol. The van der Waals surface area contributed by atoms with Crippen molar-refractivity contribution in [2.45, 2.75) is 40.5 Å². The van der Waals surface area contributed by atoms with Gasteiger partial charge in [-0.25, -0.2) is 0 Å². The Kier molecular flexibility index (Phi) is 4.29. The predicted octanol–water partition coefficient (Wildman–Crippen LogP) is 6.97. The van der Waals surface area contributed by atoms with Gasteiger partial charge in [0.2, 0.25) is 0 Å². The van der Waals surface area contributed by atoms with Gasteiger partial charge in [0.1, 0.15) is 0 Å². The molecule has 0 aliphatic rings. The summed E-state index contributed by atoms with van der Waals surface area (Å²) in [4.78, 5) is 6.97. The van der Waals surface area contributed by atoms with E-state index in [1.54, 1.807) is 0 Å². The first-order valence-electron chi connectivity index (χ1n) is 8.91. The number of H-pyrrole nitrogens is 2. The van der Waals surface area contributed by atoms with E-state index in [2.05, 4.69) is 61.9 Å². The summed E-state index contributed by atoms with van der Waals surface area (Å²) in [6, 6.07) is 8.48. The molecule has 2 nitrogen and oxygen atoms in total. The summed E-state index contributed by atoms with van der Waals surface area (Å²) >= 11 is 13.4. The zero-order chi connectivity index (χ0) is 18.6. The molecule has 0 spiro atoms. The highest BCUT2D eigenvalue weighted by Gasteiger charge is 2.16. The third-order valence-corrected chi connectivity index (χ3v) is 6.47. The van der Waals surface area contributed by atoms with Crippen LogP contribution in [0.4, 0.5) is 0 Å². The van der Waals surface area contributed by atoms with Crippen LogP contribution in [0.1, 0.15) is 33.6 Å². The van der Waals surface area contributed by atoms with Crippen LogP contribution in [0.3, 0.4) is 0 Å². The molecule has 0 aliphatic heterocycles. The highest BCUT2D eigenvalue weighted by molar-refractivity contribution is 6.37. The number of benzene rings is 2. The molecule has 26 heavy (non-hydrogen) atoms. The smallest absolute Gasteiger partial charge is 0.0694 e. The summed E-state index contributed by atoms with van der Waals surface area (Å²) in [6.45, 7) is 8.49. The van der Waals surface area contributed by atoms with Gasteiger partial charge in [-0.05, 0) is 74.9 Å². The Morgan fingerprint density at radius 1 is 0.654 bits per heavy atom. The standard InChI is InChI=1S/C22H22Cl2N2/c1-11-5-7-15-19(13(11)3)21(23)17(25-15)9-10-18-22(24)20-14(4)12(2)6-8-16(20)26-18/h5-8,25-26H,9-10H2,1-4H3. The molecule has 0 saturated carbocycles. The Labute approximate surface area is 163 Å². The topological polar surface area (TPSA) is 31.6 Å². The van der Waals surface area contributed by atoms with Gasteiger partial charge in [0.25, 0.3) is 0 Å². The van der Waals surface area contributed by atoms with Crippen molar-refractivity contribution in [1.29, 1.82) is 0 Å². The maximum Gasteiger partial charge on any atom is 0.0694 e. The molecule has 0 amide bonds. The highest BCUT2D eigenvalue weighted by Crippen LogP contribution is 2.35. The molecule has 0 aliphatic carbocycles. The molecule has 2 heterocycles. The molecule has 2 aromatic heterocycles. The fourth-order valence-electron chi connectivity index (χ4n) is 3.74. The number of halogens is 2. The number of rotatable bonds is 3. The lowest BCUT2D eigenvalue weighted by Gasteiger charge is -2.02. The summed E-state index contributed by atoms with van der Waals surface area (Å²) in [7, 11) is 0. The van der Waals surface area contributed by atoms with E-state index in [1.165, 1.54) is 22.3 Å².